The fourth-order valence-electron chi connectivity index (χ4n) is 1.47. The first kappa shape index (κ1) is 12.9. The second kappa shape index (κ2) is 5.79. The average molecular weight is 235 g/mol. The van der Waals surface area contributed by atoms with Gasteiger partial charge in [0.1, 0.15) is 0 Å². The molecule has 0 saturated heterocycles. The number of hydrogen-bond acceptors (Lipinski definition) is 4. The second-order valence-corrected chi connectivity index (χ2v) is 3.42. The van der Waals surface area contributed by atoms with Gasteiger partial charge in [0.15, 0.2) is 0 Å². The van der Waals surface area contributed by atoms with Crippen LogP contribution in [0.25, 0.3) is 0 Å². The largest absolute Gasteiger partial charge is 0.465 e. The van der Waals surface area contributed by atoms with Crippen LogP contribution in [0.15, 0.2) is 30.9 Å². The van der Waals surface area contributed by atoms with Gasteiger partial charge in [0.25, 0.3) is 5.69 Å². The number of ether oxygens (including phenoxy) is 1. The summed E-state index contributed by atoms with van der Waals surface area (Å²) in [6.45, 7) is 3.56. The molecule has 0 N–H and O–H groups in total. The van der Waals surface area contributed by atoms with Crippen LogP contribution in [0, 0.1) is 10.1 Å². The third-order valence-electron chi connectivity index (χ3n) is 2.32. The van der Waals surface area contributed by atoms with Crippen molar-refractivity contribution in [2.24, 2.45) is 0 Å². The summed E-state index contributed by atoms with van der Waals surface area (Å²) in [5, 5.41) is 10.8. The number of rotatable bonds is 5. The quantitative estimate of drug-likeness (QED) is 0.340. The fraction of sp³-hybridized carbons (Fsp3) is 0.250. The lowest BCUT2D eigenvalue weighted by atomic mass is 10.0. The van der Waals surface area contributed by atoms with Crippen molar-refractivity contribution in [3.8, 4) is 0 Å². The maximum Gasteiger partial charge on any atom is 0.337 e. The smallest absolute Gasteiger partial charge is 0.337 e. The number of aryl methyl sites for hydroxylation is 1. The Labute approximate surface area is 98.9 Å². The van der Waals surface area contributed by atoms with Gasteiger partial charge in [0.2, 0.25) is 0 Å². The molecule has 0 aliphatic rings. The summed E-state index contributed by atoms with van der Waals surface area (Å²) >= 11 is 0. The van der Waals surface area contributed by atoms with Crippen LogP contribution in [0.4, 0.5) is 5.69 Å². The molecule has 5 nitrogen and oxygen atoms in total. The van der Waals surface area contributed by atoms with E-state index in [2.05, 4.69) is 11.3 Å². The average Bonchev–Trinajstić information content (AvgIpc) is 2.34. The van der Waals surface area contributed by atoms with Crippen LogP contribution in [-0.4, -0.2) is 18.0 Å². The molecule has 0 radical (unpaired) electrons. The highest BCUT2D eigenvalue weighted by Gasteiger charge is 2.16. The first-order chi connectivity index (χ1) is 8.10. The van der Waals surface area contributed by atoms with Crippen molar-refractivity contribution >= 4 is 11.7 Å². The topological polar surface area (TPSA) is 69.4 Å². The molecule has 5 heteroatoms. The van der Waals surface area contributed by atoms with Crippen LogP contribution in [0.3, 0.4) is 0 Å². The summed E-state index contributed by atoms with van der Waals surface area (Å²) in [6.07, 6.45) is 2.77. The molecule has 1 aromatic carbocycles. The second-order valence-electron chi connectivity index (χ2n) is 3.42. The lowest BCUT2D eigenvalue weighted by Gasteiger charge is -2.04. The normalized spacial score (nSPS) is 9.71. The van der Waals surface area contributed by atoms with Gasteiger partial charge in [-0.3, -0.25) is 10.1 Å². The number of nitro groups is 1. The molecule has 0 fully saturated rings. The highest BCUT2D eigenvalue weighted by molar-refractivity contribution is 5.89. The standard InChI is InChI=1S/C12H13NO4/c1-3-4-5-9-8-10(12(14)17-2)6-7-11(9)13(15)16/h3,6-8H,1,4-5H2,2H3. The van der Waals surface area contributed by atoms with Crippen LogP contribution >= 0.6 is 0 Å². The first-order valence-corrected chi connectivity index (χ1v) is 5.06. The van der Waals surface area contributed by atoms with E-state index in [9.17, 15) is 14.9 Å². The van der Waals surface area contributed by atoms with E-state index >= 15 is 0 Å². The Kier molecular flexibility index (Phi) is 4.39. The number of methoxy groups -OCH3 is 1. The Balaban J connectivity index is 3.13. The van der Waals surface area contributed by atoms with E-state index in [1.807, 2.05) is 0 Å². The molecule has 90 valence electrons. The molecule has 0 saturated carbocycles. The Morgan fingerprint density at radius 3 is 2.82 bits per heavy atom. The minimum Gasteiger partial charge on any atom is -0.465 e. The summed E-state index contributed by atoms with van der Waals surface area (Å²) in [5.41, 5.74) is 0.842. The van der Waals surface area contributed by atoms with Gasteiger partial charge >= 0.3 is 5.97 Å². The molecule has 0 aliphatic carbocycles. The van der Waals surface area contributed by atoms with Crippen molar-refractivity contribution in [3.05, 3.63) is 52.1 Å². The zero-order chi connectivity index (χ0) is 12.8. The summed E-state index contributed by atoms with van der Waals surface area (Å²) in [7, 11) is 1.27. The monoisotopic (exact) mass is 235 g/mol. The Bertz CT molecular complexity index is 454. The van der Waals surface area contributed by atoms with Gasteiger partial charge in [0.05, 0.1) is 17.6 Å². The van der Waals surface area contributed by atoms with E-state index in [0.717, 1.165) is 0 Å². The number of benzene rings is 1. The van der Waals surface area contributed by atoms with Crippen LogP contribution in [-0.2, 0) is 11.2 Å². The van der Waals surface area contributed by atoms with Gasteiger partial charge in [-0.25, -0.2) is 4.79 Å². The minimum atomic E-state index is -0.500. The molecule has 0 amide bonds. The van der Waals surface area contributed by atoms with Crippen LogP contribution in [0.5, 0.6) is 0 Å². The van der Waals surface area contributed by atoms with E-state index in [1.165, 1.54) is 25.3 Å². The van der Waals surface area contributed by atoms with Gasteiger partial charge in [-0.1, -0.05) is 6.08 Å². The van der Waals surface area contributed by atoms with E-state index in [0.29, 0.717) is 24.0 Å². The zero-order valence-corrected chi connectivity index (χ0v) is 9.51. The van der Waals surface area contributed by atoms with Gasteiger partial charge in [-0.2, -0.15) is 0 Å². The van der Waals surface area contributed by atoms with Crippen molar-refractivity contribution < 1.29 is 14.5 Å². The number of hydrogen-bond donors (Lipinski definition) is 0. The molecule has 17 heavy (non-hydrogen) atoms. The third kappa shape index (κ3) is 3.14. The molecule has 0 aromatic heterocycles. The molecular weight excluding hydrogens is 222 g/mol. The fourth-order valence-corrected chi connectivity index (χ4v) is 1.47. The number of nitrogens with zero attached hydrogens (tertiary/aromatic N) is 1. The van der Waals surface area contributed by atoms with Crippen LogP contribution in [0.1, 0.15) is 22.3 Å². The van der Waals surface area contributed by atoms with E-state index < -0.39 is 10.9 Å². The predicted molar refractivity (Wildman–Crippen MR) is 63.0 cm³/mol. The number of esters is 1. The van der Waals surface area contributed by atoms with Crippen molar-refractivity contribution in [1.29, 1.82) is 0 Å². The highest BCUT2D eigenvalue weighted by atomic mass is 16.6. The van der Waals surface area contributed by atoms with Gasteiger partial charge in [-0.05, 0) is 25.0 Å². The van der Waals surface area contributed by atoms with E-state index in [1.54, 1.807) is 6.08 Å². The highest BCUT2D eigenvalue weighted by Crippen LogP contribution is 2.22. The first-order valence-electron chi connectivity index (χ1n) is 5.06. The molecule has 1 rings (SSSR count). The van der Waals surface area contributed by atoms with Gasteiger partial charge in [-0.15, -0.1) is 6.58 Å². The molecule has 0 atom stereocenters. The summed E-state index contributed by atoms with van der Waals surface area (Å²) < 4.78 is 4.57. The number of carbonyl (C=O) groups is 1. The number of nitro benzene ring substituents is 1. The Hall–Kier alpha value is -2.17. The number of carbonyl (C=O) groups excluding carboxylic acids is 1. The maximum atomic E-state index is 11.3. The Morgan fingerprint density at radius 2 is 2.29 bits per heavy atom. The van der Waals surface area contributed by atoms with Crippen LogP contribution in [0.2, 0.25) is 0 Å². The molecule has 1 aromatic rings. The lowest BCUT2D eigenvalue weighted by molar-refractivity contribution is -0.385. The summed E-state index contributed by atoms with van der Waals surface area (Å²) in [6, 6.07) is 4.21. The summed E-state index contributed by atoms with van der Waals surface area (Å²) in [4.78, 5) is 21.6. The minimum absolute atomic E-state index is 0.0134. The summed E-state index contributed by atoms with van der Waals surface area (Å²) in [5.74, 6) is -0.500. The molecule has 0 unspecified atom stereocenters. The molecule has 0 bridgehead atoms. The van der Waals surface area contributed by atoms with Crippen molar-refractivity contribution in [2.45, 2.75) is 12.8 Å². The SMILES string of the molecule is C=CCCc1cc(C(=O)OC)ccc1[N+](=O)[O-]. The van der Waals surface area contributed by atoms with Crippen molar-refractivity contribution in [1.82, 2.24) is 0 Å². The molecule has 0 aliphatic heterocycles. The van der Waals surface area contributed by atoms with E-state index in [4.69, 9.17) is 0 Å². The maximum absolute atomic E-state index is 11.3. The van der Waals surface area contributed by atoms with Crippen LogP contribution < -0.4 is 0 Å². The molecular formula is C12H13NO4. The van der Waals surface area contributed by atoms with E-state index in [-0.39, 0.29) is 5.69 Å². The Morgan fingerprint density at radius 1 is 1.59 bits per heavy atom. The zero-order valence-electron chi connectivity index (χ0n) is 9.51. The van der Waals surface area contributed by atoms with Crippen molar-refractivity contribution in [2.75, 3.05) is 7.11 Å². The van der Waals surface area contributed by atoms with Crippen molar-refractivity contribution in [3.63, 3.8) is 0 Å². The molecule has 0 heterocycles. The lowest BCUT2D eigenvalue weighted by Crippen LogP contribution is -2.04. The van der Waals surface area contributed by atoms with Gasteiger partial charge < -0.3 is 4.74 Å². The predicted octanol–water partition coefficient (Wildman–Crippen LogP) is 2.50. The van der Waals surface area contributed by atoms with Gasteiger partial charge in [0, 0.05) is 11.6 Å². The third-order valence-corrected chi connectivity index (χ3v) is 2.32. The molecule has 0 spiro atoms. The number of allylic oxidation sites excluding steroid dienone is 1.